The molecule has 0 spiro atoms. The van der Waals surface area contributed by atoms with E-state index >= 15 is 0 Å². The maximum atomic E-state index is 10.7. The van der Waals surface area contributed by atoms with Crippen LogP contribution in [0.25, 0.3) is 0 Å². The van der Waals surface area contributed by atoms with E-state index < -0.39 is 11.9 Å². The Balaban J connectivity index is 2.80. The molecule has 0 saturated heterocycles. The van der Waals surface area contributed by atoms with Crippen LogP contribution in [-0.4, -0.2) is 16.9 Å². The Morgan fingerprint density at radius 3 is 2.60 bits per heavy atom. The first-order valence-electron chi connectivity index (χ1n) is 2.83. The van der Waals surface area contributed by atoms with E-state index in [1.54, 1.807) is 6.08 Å². The fraction of sp³-hybridized carbons (Fsp3) is 0.143. The average Bonchev–Trinajstić information content (AvgIpc) is 1.88. The summed E-state index contributed by atoms with van der Waals surface area (Å²) in [5, 5.41) is 8.40. The van der Waals surface area contributed by atoms with Crippen molar-refractivity contribution in [2.45, 2.75) is 0 Å². The fourth-order valence-electron chi connectivity index (χ4n) is 0.728. The summed E-state index contributed by atoms with van der Waals surface area (Å²) >= 11 is 0. The zero-order valence-electron chi connectivity index (χ0n) is 5.15. The van der Waals surface area contributed by atoms with Crippen LogP contribution in [0.1, 0.15) is 0 Å². The Morgan fingerprint density at radius 2 is 2.20 bits per heavy atom. The van der Waals surface area contributed by atoms with Crippen LogP contribution in [0, 0.1) is 5.92 Å². The minimum atomic E-state index is -1.09. The number of carbonyl (C=O) groups excluding carboxylic acids is 1. The summed E-state index contributed by atoms with van der Waals surface area (Å²) in [6.07, 6.45) is 5.71. The van der Waals surface area contributed by atoms with Crippen LogP contribution in [-0.2, 0) is 9.59 Å². The molecule has 0 aliphatic heterocycles. The summed E-state index contributed by atoms with van der Waals surface area (Å²) in [7, 11) is 0. The zero-order chi connectivity index (χ0) is 7.56. The SMILES string of the molecule is O=C(O)C1C=CC=CC1=O. The minimum Gasteiger partial charge on any atom is -0.480 e. The first-order chi connectivity index (χ1) is 4.72. The first kappa shape index (κ1) is 6.74. The third-order valence-electron chi connectivity index (χ3n) is 1.25. The van der Waals surface area contributed by atoms with E-state index in [1.165, 1.54) is 18.2 Å². The van der Waals surface area contributed by atoms with Crippen molar-refractivity contribution in [2.75, 3.05) is 0 Å². The standard InChI is InChI=1S/C7H6O3/c8-6-4-2-1-3-5(6)7(9)10/h1-5H,(H,9,10). The van der Waals surface area contributed by atoms with Gasteiger partial charge in [0.05, 0.1) is 0 Å². The molecule has 0 radical (unpaired) electrons. The monoisotopic (exact) mass is 138 g/mol. The topological polar surface area (TPSA) is 54.4 Å². The molecule has 52 valence electrons. The molecule has 3 nitrogen and oxygen atoms in total. The predicted octanol–water partition coefficient (Wildman–Crippen LogP) is 0.382. The van der Waals surface area contributed by atoms with Crippen LogP contribution in [0.3, 0.4) is 0 Å². The highest BCUT2D eigenvalue weighted by Crippen LogP contribution is 2.06. The van der Waals surface area contributed by atoms with E-state index in [4.69, 9.17) is 5.11 Å². The number of carboxylic acids is 1. The Hall–Kier alpha value is -1.38. The smallest absolute Gasteiger partial charge is 0.318 e. The highest BCUT2D eigenvalue weighted by molar-refractivity contribution is 6.06. The van der Waals surface area contributed by atoms with Gasteiger partial charge in [0.2, 0.25) is 0 Å². The molecule has 1 N–H and O–H groups in total. The molecule has 0 amide bonds. The number of allylic oxidation sites excluding steroid dienone is 3. The van der Waals surface area contributed by atoms with E-state index in [2.05, 4.69) is 0 Å². The van der Waals surface area contributed by atoms with Crippen molar-refractivity contribution in [3.05, 3.63) is 24.3 Å². The van der Waals surface area contributed by atoms with Crippen molar-refractivity contribution < 1.29 is 14.7 Å². The van der Waals surface area contributed by atoms with Gasteiger partial charge in [-0.25, -0.2) is 0 Å². The van der Waals surface area contributed by atoms with Gasteiger partial charge in [-0.1, -0.05) is 18.2 Å². The Morgan fingerprint density at radius 1 is 1.50 bits per heavy atom. The van der Waals surface area contributed by atoms with Crippen LogP contribution >= 0.6 is 0 Å². The first-order valence-corrected chi connectivity index (χ1v) is 2.83. The predicted molar refractivity (Wildman–Crippen MR) is 34.4 cm³/mol. The van der Waals surface area contributed by atoms with Crippen LogP contribution in [0.5, 0.6) is 0 Å². The number of carbonyl (C=O) groups is 2. The normalized spacial score (nSPS) is 23.2. The molecular formula is C7H6O3. The second kappa shape index (κ2) is 2.47. The lowest BCUT2D eigenvalue weighted by Crippen LogP contribution is -2.21. The largest absolute Gasteiger partial charge is 0.480 e. The summed E-state index contributed by atoms with van der Waals surface area (Å²) < 4.78 is 0. The molecule has 0 saturated carbocycles. The van der Waals surface area contributed by atoms with Crippen molar-refractivity contribution in [1.82, 2.24) is 0 Å². The molecule has 0 fully saturated rings. The van der Waals surface area contributed by atoms with E-state index in [0.29, 0.717) is 0 Å². The molecule has 1 aliphatic rings. The third-order valence-corrected chi connectivity index (χ3v) is 1.25. The second-order valence-electron chi connectivity index (χ2n) is 1.96. The molecule has 10 heavy (non-hydrogen) atoms. The van der Waals surface area contributed by atoms with E-state index in [-0.39, 0.29) is 5.78 Å². The molecule has 1 rings (SSSR count). The van der Waals surface area contributed by atoms with E-state index in [9.17, 15) is 9.59 Å². The number of aliphatic carboxylic acids is 1. The van der Waals surface area contributed by atoms with E-state index in [1.807, 2.05) is 0 Å². The number of rotatable bonds is 1. The van der Waals surface area contributed by atoms with Crippen LogP contribution in [0.4, 0.5) is 0 Å². The van der Waals surface area contributed by atoms with Gasteiger partial charge in [-0.15, -0.1) is 0 Å². The molecule has 0 aromatic carbocycles. The molecule has 1 aliphatic carbocycles. The van der Waals surface area contributed by atoms with Gasteiger partial charge in [-0.05, 0) is 6.08 Å². The maximum Gasteiger partial charge on any atom is 0.318 e. The van der Waals surface area contributed by atoms with Gasteiger partial charge < -0.3 is 5.11 Å². The molecular weight excluding hydrogens is 132 g/mol. The molecule has 0 heterocycles. The zero-order valence-corrected chi connectivity index (χ0v) is 5.15. The highest BCUT2D eigenvalue weighted by Gasteiger charge is 2.21. The Kier molecular flexibility index (Phi) is 1.67. The van der Waals surface area contributed by atoms with Crippen molar-refractivity contribution in [3.63, 3.8) is 0 Å². The fourth-order valence-corrected chi connectivity index (χ4v) is 0.728. The van der Waals surface area contributed by atoms with Crippen molar-refractivity contribution >= 4 is 11.8 Å². The molecule has 1 atom stereocenters. The quantitative estimate of drug-likeness (QED) is 0.533. The molecule has 1 unspecified atom stereocenters. The molecule has 0 bridgehead atoms. The number of hydrogen-bond donors (Lipinski definition) is 1. The maximum absolute atomic E-state index is 10.7. The number of hydrogen-bond acceptors (Lipinski definition) is 2. The van der Waals surface area contributed by atoms with Gasteiger partial charge in [-0.2, -0.15) is 0 Å². The van der Waals surface area contributed by atoms with Gasteiger partial charge in [-0.3, -0.25) is 9.59 Å². The average molecular weight is 138 g/mol. The summed E-state index contributed by atoms with van der Waals surface area (Å²) in [4.78, 5) is 21.0. The lowest BCUT2D eigenvalue weighted by molar-refractivity contribution is -0.143. The molecule has 0 aromatic rings. The minimum absolute atomic E-state index is 0.366. The van der Waals surface area contributed by atoms with Crippen molar-refractivity contribution in [3.8, 4) is 0 Å². The van der Waals surface area contributed by atoms with Crippen molar-refractivity contribution in [1.29, 1.82) is 0 Å². The van der Waals surface area contributed by atoms with Crippen LogP contribution < -0.4 is 0 Å². The van der Waals surface area contributed by atoms with Crippen LogP contribution in [0.2, 0.25) is 0 Å². The van der Waals surface area contributed by atoms with Gasteiger partial charge in [0.1, 0.15) is 5.92 Å². The number of ketones is 1. The van der Waals surface area contributed by atoms with Gasteiger partial charge in [0.15, 0.2) is 5.78 Å². The van der Waals surface area contributed by atoms with Crippen LogP contribution in [0.15, 0.2) is 24.3 Å². The number of carboxylic acid groups (broad SMARTS) is 1. The summed E-state index contributed by atoms with van der Waals surface area (Å²) in [5.41, 5.74) is 0. The summed E-state index contributed by atoms with van der Waals surface area (Å²) in [5.74, 6) is -2.43. The Bertz CT molecular complexity index is 225. The van der Waals surface area contributed by atoms with Gasteiger partial charge in [0.25, 0.3) is 0 Å². The third kappa shape index (κ3) is 1.13. The lowest BCUT2D eigenvalue weighted by Gasteiger charge is -2.04. The Labute approximate surface area is 57.7 Å². The van der Waals surface area contributed by atoms with Gasteiger partial charge >= 0.3 is 5.97 Å². The lowest BCUT2D eigenvalue weighted by atomic mass is 10.0. The van der Waals surface area contributed by atoms with Gasteiger partial charge in [0, 0.05) is 0 Å². The highest BCUT2D eigenvalue weighted by atomic mass is 16.4. The van der Waals surface area contributed by atoms with E-state index in [0.717, 1.165) is 0 Å². The second-order valence-corrected chi connectivity index (χ2v) is 1.96. The summed E-state index contributed by atoms with van der Waals surface area (Å²) in [6, 6.07) is 0. The molecule has 0 aromatic heterocycles. The summed E-state index contributed by atoms with van der Waals surface area (Å²) in [6.45, 7) is 0. The molecule has 3 heteroatoms. The van der Waals surface area contributed by atoms with Crippen molar-refractivity contribution in [2.24, 2.45) is 5.92 Å².